The van der Waals surface area contributed by atoms with E-state index in [0.717, 1.165) is 18.9 Å². The molecule has 124 valence electrons. The Balaban J connectivity index is 2.32. The number of benzene rings is 1. The molecule has 0 amide bonds. The summed E-state index contributed by atoms with van der Waals surface area (Å²) in [5, 5.41) is 5.47. The Morgan fingerprint density at radius 1 is 1.32 bits per heavy atom. The van der Waals surface area contributed by atoms with Crippen LogP contribution in [-0.4, -0.2) is 8.96 Å². The van der Waals surface area contributed by atoms with Crippen LogP contribution in [-0.2, 0) is 17.2 Å². The smallest absolute Gasteiger partial charge is 0.251 e. The molecule has 1 aromatic rings. The average molecular weight is 337 g/mol. The van der Waals surface area contributed by atoms with E-state index in [9.17, 15) is 21.8 Å². The van der Waals surface area contributed by atoms with E-state index in [0.29, 0.717) is 12.5 Å². The van der Waals surface area contributed by atoms with Gasteiger partial charge in [0.2, 0.25) is 0 Å². The van der Waals surface area contributed by atoms with E-state index in [1.165, 1.54) is 6.07 Å². The van der Waals surface area contributed by atoms with Gasteiger partial charge in [-0.05, 0) is 62.6 Å². The summed E-state index contributed by atoms with van der Waals surface area (Å²) in [6.45, 7) is 3.45. The SMILES string of the molecule is CC(C)(C[C@@H](c1ccc(C(F)(F)F)cc1F)C1CC1)S(N)=O. The molecule has 2 N–H and O–H groups in total. The van der Waals surface area contributed by atoms with Gasteiger partial charge in [0.15, 0.2) is 0 Å². The first-order valence-electron chi connectivity index (χ1n) is 7.05. The van der Waals surface area contributed by atoms with Crippen LogP contribution in [0.4, 0.5) is 17.6 Å². The first-order chi connectivity index (χ1) is 10.0. The summed E-state index contributed by atoms with van der Waals surface area (Å²) in [6.07, 6.45) is -2.38. The monoisotopic (exact) mass is 337 g/mol. The van der Waals surface area contributed by atoms with Crippen molar-refractivity contribution in [2.75, 3.05) is 0 Å². The van der Waals surface area contributed by atoms with Crippen molar-refractivity contribution in [3.05, 3.63) is 35.1 Å². The molecule has 0 aromatic heterocycles. The van der Waals surface area contributed by atoms with Crippen LogP contribution in [0.25, 0.3) is 0 Å². The van der Waals surface area contributed by atoms with Crippen LogP contribution in [0, 0.1) is 11.7 Å². The molecular formula is C15H19F4NOS. The van der Waals surface area contributed by atoms with Crippen molar-refractivity contribution in [2.45, 2.75) is 50.0 Å². The molecule has 1 aromatic carbocycles. The molecule has 7 heteroatoms. The van der Waals surface area contributed by atoms with E-state index in [1.54, 1.807) is 13.8 Å². The molecule has 0 radical (unpaired) electrons. The summed E-state index contributed by atoms with van der Waals surface area (Å²) in [4.78, 5) is 0. The van der Waals surface area contributed by atoms with Crippen LogP contribution >= 0.6 is 0 Å². The van der Waals surface area contributed by atoms with Gasteiger partial charge in [0.1, 0.15) is 5.82 Å². The molecule has 1 aliphatic carbocycles. The van der Waals surface area contributed by atoms with Gasteiger partial charge in [0, 0.05) is 0 Å². The van der Waals surface area contributed by atoms with Gasteiger partial charge in [-0.2, -0.15) is 13.2 Å². The summed E-state index contributed by atoms with van der Waals surface area (Å²) in [5.74, 6) is -0.899. The van der Waals surface area contributed by atoms with Crippen LogP contribution in [0.2, 0.25) is 0 Å². The zero-order chi connectivity index (χ0) is 16.7. The number of halogens is 4. The zero-order valence-electron chi connectivity index (χ0n) is 12.4. The molecule has 0 spiro atoms. The highest BCUT2D eigenvalue weighted by Crippen LogP contribution is 2.48. The Kier molecular flexibility index (Phi) is 4.69. The molecule has 2 rings (SSSR count). The maximum absolute atomic E-state index is 14.2. The van der Waals surface area contributed by atoms with Crippen LogP contribution in [0.5, 0.6) is 0 Å². The van der Waals surface area contributed by atoms with E-state index >= 15 is 0 Å². The highest BCUT2D eigenvalue weighted by Gasteiger charge is 2.40. The van der Waals surface area contributed by atoms with Crippen molar-refractivity contribution in [2.24, 2.45) is 11.1 Å². The molecule has 1 aliphatic rings. The lowest BCUT2D eigenvalue weighted by molar-refractivity contribution is -0.137. The molecule has 1 fully saturated rings. The Morgan fingerprint density at radius 3 is 2.32 bits per heavy atom. The van der Waals surface area contributed by atoms with Crippen molar-refractivity contribution in [3.63, 3.8) is 0 Å². The van der Waals surface area contributed by atoms with E-state index < -0.39 is 33.3 Å². The predicted octanol–water partition coefficient (Wildman–Crippen LogP) is 4.13. The van der Waals surface area contributed by atoms with Gasteiger partial charge in [-0.3, -0.25) is 5.14 Å². The standard InChI is InChI=1S/C15H19F4NOS/c1-14(2,22(20)21)8-12(9-3-4-9)11-6-5-10(7-13(11)16)15(17,18)19/h5-7,9,12H,3-4,8,20H2,1-2H3/t12-,22?/m1/s1. The number of hydrogen-bond donors (Lipinski definition) is 1. The summed E-state index contributed by atoms with van der Waals surface area (Å²) in [7, 11) is -1.59. The van der Waals surface area contributed by atoms with Gasteiger partial charge in [0.25, 0.3) is 0 Å². The lowest BCUT2D eigenvalue weighted by atomic mass is 9.85. The van der Waals surface area contributed by atoms with Crippen LogP contribution < -0.4 is 5.14 Å². The first kappa shape index (κ1) is 17.4. The Hall–Kier alpha value is -0.950. The third kappa shape index (κ3) is 3.87. The second kappa shape index (κ2) is 5.92. The van der Waals surface area contributed by atoms with Crippen molar-refractivity contribution in [1.29, 1.82) is 0 Å². The minimum absolute atomic E-state index is 0.217. The normalized spacial score (nSPS) is 19.0. The lowest BCUT2D eigenvalue weighted by Crippen LogP contribution is -2.34. The van der Waals surface area contributed by atoms with Crippen molar-refractivity contribution in [1.82, 2.24) is 0 Å². The van der Waals surface area contributed by atoms with Crippen molar-refractivity contribution >= 4 is 11.0 Å². The molecule has 0 aliphatic heterocycles. The molecule has 2 atom stereocenters. The predicted molar refractivity (Wildman–Crippen MR) is 77.9 cm³/mol. The topological polar surface area (TPSA) is 43.1 Å². The van der Waals surface area contributed by atoms with Gasteiger partial charge < -0.3 is 0 Å². The fourth-order valence-electron chi connectivity index (χ4n) is 2.65. The van der Waals surface area contributed by atoms with Gasteiger partial charge in [-0.25, -0.2) is 8.60 Å². The maximum Gasteiger partial charge on any atom is 0.416 e. The fraction of sp³-hybridized carbons (Fsp3) is 0.600. The number of rotatable bonds is 5. The second-order valence-corrected chi connectivity index (χ2v) is 8.14. The molecule has 22 heavy (non-hydrogen) atoms. The van der Waals surface area contributed by atoms with Gasteiger partial charge in [0.05, 0.1) is 21.3 Å². The third-order valence-electron chi connectivity index (χ3n) is 4.17. The van der Waals surface area contributed by atoms with Gasteiger partial charge in [-0.15, -0.1) is 0 Å². The number of hydrogen-bond acceptors (Lipinski definition) is 1. The fourth-order valence-corrected chi connectivity index (χ4v) is 2.99. The van der Waals surface area contributed by atoms with Crippen molar-refractivity contribution in [3.8, 4) is 0 Å². The Morgan fingerprint density at radius 2 is 1.91 bits per heavy atom. The molecule has 1 unspecified atom stereocenters. The van der Waals surface area contributed by atoms with E-state index in [2.05, 4.69) is 0 Å². The third-order valence-corrected chi connectivity index (χ3v) is 5.43. The largest absolute Gasteiger partial charge is 0.416 e. The molecule has 0 bridgehead atoms. The van der Waals surface area contributed by atoms with E-state index in [4.69, 9.17) is 5.14 Å². The highest BCUT2D eigenvalue weighted by atomic mass is 32.2. The molecule has 0 heterocycles. The van der Waals surface area contributed by atoms with Crippen LogP contribution in [0.3, 0.4) is 0 Å². The lowest BCUT2D eigenvalue weighted by Gasteiger charge is -2.28. The summed E-state index contributed by atoms with van der Waals surface area (Å²) in [5.41, 5.74) is -0.737. The second-order valence-electron chi connectivity index (χ2n) is 6.44. The Labute approximate surface area is 129 Å². The van der Waals surface area contributed by atoms with E-state index in [-0.39, 0.29) is 17.4 Å². The summed E-state index contributed by atoms with van der Waals surface area (Å²) in [6, 6.07) is 2.65. The average Bonchev–Trinajstić information content (AvgIpc) is 3.19. The minimum atomic E-state index is -4.56. The van der Waals surface area contributed by atoms with Gasteiger partial charge >= 0.3 is 6.18 Å². The molecule has 1 saturated carbocycles. The molecular weight excluding hydrogens is 318 g/mol. The maximum atomic E-state index is 14.2. The molecule has 2 nitrogen and oxygen atoms in total. The zero-order valence-corrected chi connectivity index (χ0v) is 13.2. The summed E-state index contributed by atoms with van der Waals surface area (Å²) >= 11 is 0. The van der Waals surface area contributed by atoms with Gasteiger partial charge in [-0.1, -0.05) is 6.07 Å². The first-order valence-corrected chi connectivity index (χ1v) is 8.26. The molecule has 0 saturated heterocycles. The van der Waals surface area contributed by atoms with Crippen molar-refractivity contribution < 1.29 is 21.8 Å². The van der Waals surface area contributed by atoms with Crippen LogP contribution in [0.15, 0.2) is 18.2 Å². The minimum Gasteiger partial charge on any atom is -0.251 e. The highest BCUT2D eigenvalue weighted by molar-refractivity contribution is 7.84. The van der Waals surface area contributed by atoms with E-state index in [1.807, 2.05) is 0 Å². The Bertz CT molecular complexity index is 581. The van der Waals surface area contributed by atoms with Crippen LogP contribution in [0.1, 0.15) is 50.2 Å². The quantitative estimate of drug-likeness (QED) is 0.807. The number of alkyl halides is 3. The summed E-state index contributed by atoms with van der Waals surface area (Å²) < 4.78 is 62.9. The number of nitrogens with two attached hydrogens (primary N) is 1.